The summed E-state index contributed by atoms with van der Waals surface area (Å²) >= 11 is 0. The Bertz CT molecular complexity index is 212. The Labute approximate surface area is 107 Å². The highest BCUT2D eigenvalue weighted by Gasteiger charge is 2.24. The Balaban J connectivity index is 1.75. The van der Waals surface area contributed by atoms with E-state index in [9.17, 15) is 0 Å². The van der Waals surface area contributed by atoms with Gasteiger partial charge >= 0.3 is 0 Å². The SMILES string of the molecule is CCN1CCN(CC2CCCCCN2)CC1C. The van der Waals surface area contributed by atoms with Crippen molar-refractivity contribution in [2.75, 3.05) is 39.3 Å². The van der Waals surface area contributed by atoms with Gasteiger partial charge in [0.2, 0.25) is 0 Å². The minimum atomic E-state index is 0.736. The van der Waals surface area contributed by atoms with Gasteiger partial charge in [0.25, 0.3) is 0 Å². The van der Waals surface area contributed by atoms with Crippen molar-refractivity contribution >= 4 is 0 Å². The minimum Gasteiger partial charge on any atom is -0.313 e. The summed E-state index contributed by atoms with van der Waals surface area (Å²) in [5.74, 6) is 0. The standard InChI is InChI=1S/C14H29N3/c1-3-17-10-9-16(11-13(17)2)12-14-7-5-4-6-8-15-14/h13-15H,3-12H2,1-2H3. The lowest BCUT2D eigenvalue weighted by molar-refractivity contribution is 0.0809. The average molecular weight is 239 g/mol. The van der Waals surface area contributed by atoms with Crippen LogP contribution in [-0.2, 0) is 0 Å². The van der Waals surface area contributed by atoms with Crippen LogP contribution in [0.2, 0.25) is 0 Å². The first-order valence-corrected chi connectivity index (χ1v) is 7.49. The van der Waals surface area contributed by atoms with Gasteiger partial charge in [-0.1, -0.05) is 19.8 Å². The second kappa shape index (κ2) is 6.72. The predicted molar refractivity (Wildman–Crippen MR) is 73.4 cm³/mol. The molecule has 3 nitrogen and oxygen atoms in total. The van der Waals surface area contributed by atoms with Crippen molar-refractivity contribution in [1.29, 1.82) is 0 Å². The van der Waals surface area contributed by atoms with E-state index in [2.05, 4.69) is 29.0 Å². The molecule has 0 amide bonds. The van der Waals surface area contributed by atoms with E-state index in [1.807, 2.05) is 0 Å². The fourth-order valence-corrected chi connectivity index (χ4v) is 3.27. The van der Waals surface area contributed by atoms with Crippen LogP contribution in [0.25, 0.3) is 0 Å². The van der Waals surface area contributed by atoms with E-state index >= 15 is 0 Å². The van der Waals surface area contributed by atoms with E-state index in [0.29, 0.717) is 0 Å². The Kier molecular flexibility index (Phi) is 5.26. The van der Waals surface area contributed by atoms with Crippen LogP contribution in [0.1, 0.15) is 39.5 Å². The third-order valence-corrected chi connectivity index (χ3v) is 4.40. The smallest absolute Gasteiger partial charge is 0.0195 e. The molecule has 2 aliphatic heterocycles. The Morgan fingerprint density at radius 3 is 2.82 bits per heavy atom. The first kappa shape index (κ1) is 13.3. The molecule has 17 heavy (non-hydrogen) atoms. The molecule has 3 heteroatoms. The summed E-state index contributed by atoms with van der Waals surface area (Å²) in [5.41, 5.74) is 0. The van der Waals surface area contributed by atoms with Gasteiger partial charge in [0.1, 0.15) is 0 Å². The number of rotatable bonds is 3. The molecule has 2 fully saturated rings. The molecule has 2 unspecified atom stereocenters. The summed E-state index contributed by atoms with van der Waals surface area (Å²) < 4.78 is 0. The lowest BCUT2D eigenvalue weighted by Crippen LogP contribution is -2.54. The van der Waals surface area contributed by atoms with E-state index in [0.717, 1.165) is 12.1 Å². The van der Waals surface area contributed by atoms with Gasteiger partial charge in [-0.3, -0.25) is 9.80 Å². The molecule has 2 heterocycles. The van der Waals surface area contributed by atoms with Gasteiger partial charge in [0.15, 0.2) is 0 Å². The molecule has 0 aromatic heterocycles. The van der Waals surface area contributed by atoms with E-state index in [1.165, 1.54) is 65.0 Å². The number of nitrogens with one attached hydrogen (secondary N) is 1. The first-order chi connectivity index (χ1) is 8.29. The molecule has 0 aliphatic carbocycles. The van der Waals surface area contributed by atoms with Gasteiger partial charge in [-0.05, 0) is 32.9 Å². The molecule has 2 rings (SSSR count). The number of nitrogens with zero attached hydrogens (tertiary/aromatic N) is 2. The Morgan fingerprint density at radius 2 is 2.06 bits per heavy atom. The third-order valence-electron chi connectivity index (χ3n) is 4.40. The van der Waals surface area contributed by atoms with Crippen LogP contribution >= 0.6 is 0 Å². The van der Waals surface area contributed by atoms with Crippen molar-refractivity contribution in [3.05, 3.63) is 0 Å². The van der Waals surface area contributed by atoms with Crippen LogP contribution in [0, 0.1) is 0 Å². The van der Waals surface area contributed by atoms with Crippen molar-refractivity contribution in [2.45, 2.75) is 51.6 Å². The molecule has 0 bridgehead atoms. The fourth-order valence-electron chi connectivity index (χ4n) is 3.27. The molecule has 0 spiro atoms. The maximum atomic E-state index is 3.71. The highest BCUT2D eigenvalue weighted by atomic mass is 15.3. The van der Waals surface area contributed by atoms with Gasteiger partial charge in [0, 0.05) is 38.3 Å². The van der Waals surface area contributed by atoms with Crippen LogP contribution in [-0.4, -0.2) is 61.2 Å². The molecule has 1 N–H and O–H groups in total. The molecule has 2 saturated heterocycles. The van der Waals surface area contributed by atoms with Crippen molar-refractivity contribution in [3.8, 4) is 0 Å². The molecule has 2 aliphatic rings. The summed E-state index contributed by atoms with van der Waals surface area (Å²) in [4.78, 5) is 5.26. The quantitative estimate of drug-likeness (QED) is 0.806. The maximum Gasteiger partial charge on any atom is 0.0195 e. The molecule has 0 saturated carbocycles. The molecular weight excluding hydrogens is 210 g/mol. The summed E-state index contributed by atoms with van der Waals surface area (Å²) in [5, 5.41) is 3.71. The molecule has 0 aromatic carbocycles. The van der Waals surface area contributed by atoms with Gasteiger partial charge in [-0.25, -0.2) is 0 Å². The Hall–Kier alpha value is -0.120. The topological polar surface area (TPSA) is 18.5 Å². The number of hydrogen-bond acceptors (Lipinski definition) is 3. The van der Waals surface area contributed by atoms with Gasteiger partial charge in [-0.2, -0.15) is 0 Å². The zero-order chi connectivity index (χ0) is 12.1. The van der Waals surface area contributed by atoms with Gasteiger partial charge in [-0.15, -0.1) is 0 Å². The second-order valence-corrected chi connectivity index (χ2v) is 5.74. The summed E-state index contributed by atoms with van der Waals surface area (Å²) in [7, 11) is 0. The van der Waals surface area contributed by atoms with Crippen LogP contribution in [0.3, 0.4) is 0 Å². The molecule has 100 valence electrons. The predicted octanol–water partition coefficient (Wildman–Crippen LogP) is 1.54. The van der Waals surface area contributed by atoms with Crippen molar-refractivity contribution in [2.24, 2.45) is 0 Å². The van der Waals surface area contributed by atoms with Crippen LogP contribution in [0.5, 0.6) is 0 Å². The first-order valence-electron chi connectivity index (χ1n) is 7.49. The normalized spacial score (nSPS) is 33.5. The van der Waals surface area contributed by atoms with Crippen LogP contribution in [0.15, 0.2) is 0 Å². The summed E-state index contributed by atoms with van der Waals surface area (Å²) in [6, 6.07) is 1.48. The molecule has 0 aromatic rings. The molecule has 2 atom stereocenters. The monoisotopic (exact) mass is 239 g/mol. The zero-order valence-corrected chi connectivity index (χ0v) is 11.6. The van der Waals surface area contributed by atoms with E-state index < -0.39 is 0 Å². The molecule has 0 radical (unpaired) electrons. The average Bonchev–Trinajstić information content (AvgIpc) is 2.58. The van der Waals surface area contributed by atoms with Crippen LogP contribution in [0.4, 0.5) is 0 Å². The largest absolute Gasteiger partial charge is 0.313 e. The summed E-state index contributed by atoms with van der Waals surface area (Å²) in [6.45, 7) is 12.1. The highest BCUT2D eigenvalue weighted by molar-refractivity contribution is 4.82. The Morgan fingerprint density at radius 1 is 1.18 bits per heavy atom. The van der Waals surface area contributed by atoms with E-state index in [-0.39, 0.29) is 0 Å². The zero-order valence-electron chi connectivity index (χ0n) is 11.6. The van der Waals surface area contributed by atoms with Crippen LogP contribution < -0.4 is 5.32 Å². The lowest BCUT2D eigenvalue weighted by Gasteiger charge is -2.40. The lowest BCUT2D eigenvalue weighted by atomic mass is 10.1. The van der Waals surface area contributed by atoms with Crippen molar-refractivity contribution in [1.82, 2.24) is 15.1 Å². The highest BCUT2D eigenvalue weighted by Crippen LogP contribution is 2.13. The number of likely N-dealkylation sites (N-methyl/N-ethyl adjacent to an activating group) is 1. The van der Waals surface area contributed by atoms with Gasteiger partial charge < -0.3 is 5.32 Å². The number of hydrogen-bond donors (Lipinski definition) is 1. The second-order valence-electron chi connectivity index (χ2n) is 5.74. The van der Waals surface area contributed by atoms with E-state index in [4.69, 9.17) is 0 Å². The maximum absolute atomic E-state index is 3.71. The van der Waals surface area contributed by atoms with Gasteiger partial charge in [0.05, 0.1) is 0 Å². The van der Waals surface area contributed by atoms with Crippen molar-refractivity contribution in [3.63, 3.8) is 0 Å². The summed E-state index contributed by atoms with van der Waals surface area (Å²) in [6.07, 6.45) is 5.59. The minimum absolute atomic E-state index is 0.736. The fraction of sp³-hybridized carbons (Fsp3) is 1.00. The van der Waals surface area contributed by atoms with E-state index in [1.54, 1.807) is 0 Å². The third kappa shape index (κ3) is 3.94. The molecular formula is C14H29N3. The van der Waals surface area contributed by atoms with Crippen molar-refractivity contribution < 1.29 is 0 Å². The number of piperazine rings is 1.